The standard InChI is InChI=1S/C12H22/c1-3-5-7-9-11-12-10-8-6-4-2/h3,6,8H,1,4-5,7,9-12H2,2H3/b8-6+. The Morgan fingerprint density at radius 1 is 0.917 bits per heavy atom. The SMILES string of the molecule is C=CCCCCCC/C=C/CC. The van der Waals surface area contributed by atoms with Crippen LogP contribution in [-0.2, 0) is 0 Å². The van der Waals surface area contributed by atoms with E-state index in [9.17, 15) is 0 Å². The molecule has 0 unspecified atom stereocenters. The van der Waals surface area contributed by atoms with Crippen molar-refractivity contribution in [1.82, 2.24) is 0 Å². The number of allylic oxidation sites excluding steroid dienone is 3. The van der Waals surface area contributed by atoms with Crippen molar-refractivity contribution in [2.75, 3.05) is 0 Å². The molecule has 0 aliphatic heterocycles. The first-order valence-corrected chi connectivity index (χ1v) is 5.17. The van der Waals surface area contributed by atoms with Crippen LogP contribution in [-0.4, -0.2) is 0 Å². The molecule has 0 spiro atoms. The number of rotatable bonds is 8. The topological polar surface area (TPSA) is 0 Å². The van der Waals surface area contributed by atoms with E-state index >= 15 is 0 Å². The van der Waals surface area contributed by atoms with Gasteiger partial charge in [0.1, 0.15) is 0 Å². The molecule has 0 N–H and O–H groups in total. The van der Waals surface area contributed by atoms with E-state index in [4.69, 9.17) is 0 Å². The average Bonchev–Trinajstić information content (AvgIpc) is 2.10. The average molecular weight is 166 g/mol. The second kappa shape index (κ2) is 10.5. The first-order chi connectivity index (χ1) is 5.91. The maximum atomic E-state index is 3.71. The van der Waals surface area contributed by atoms with Gasteiger partial charge < -0.3 is 0 Å². The fourth-order valence-electron chi connectivity index (χ4n) is 1.19. The van der Waals surface area contributed by atoms with E-state index in [2.05, 4.69) is 25.7 Å². The predicted octanol–water partition coefficient (Wildman–Crippen LogP) is 4.48. The minimum atomic E-state index is 1.18. The van der Waals surface area contributed by atoms with Crippen molar-refractivity contribution in [2.45, 2.75) is 51.9 Å². The number of unbranched alkanes of at least 4 members (excludes halogenated alkanes) is 5. The molecule has 0 radical (unpaired) electrons. The Hall–Kier alpha value is -0.520. The summed E-state index contributed by atoms with van der Waals surface area (Å²) in [6.07, 6.45) is 15.6. The maximum absolute atomic E-state index is 3.71. The van der Waals surface area contributed by atoms with Crippen molar-refractivity contribution in [3.8, 4) is 0 Å². The summed E-state index contributed by atoms with van der Waals surface area (Å²) in [7, 11) is 0. The van der Waals surface area contributed by atoms with Gasteiger partial charge in [0.25, 0.3) is 0 Å². The highest BCUT2D eigenvalue weighted by Gasteiger charge is 1.86. The molecule has 70 valence electrons. The lowest BCUT2D eigenvalue weighted by Gasteiger charge is -1.95. The zero-order chi connectivity index (χ0) is 9.07. The Morgan fingerprint density at radius 3 is 2.17 bits per heavy atom. The largest absolute Gasteiger partial charge is 0.103 e. The van der Waals surface area contributed by atoms with Crippen molar-refractivity contribution in [1.29, 1.82) is 0 Å². The van der Waals surface area contributed by atoms with Gasteiger partial charge in [-0.2, -0.15) is 0 Å². The molecule has 0 atom stereocenters. The normalized spacial score (nSPS) is 10.8. The smallest absolute Gasteiger partial charge is 0.0351 e. The van der Waals surface area contributed by atoms with Crippen molar-refractivity contribution in [3.63, 3.8) is 0 Å². The summed E-state index contributed by atoms with van der Waals surface area (Å²) < 4.78 is 0. The van der Waals surface area contributed by atoms with Crippen molar-refractivity contribution in [3.05, 3.63) is 24.8 Å². The van der Waals surface area contributed by atoms with Crippen LogP contribution < -0.4 is 0 Å². The monoisotopic (exact) mass is 166 g/mol. The predicted molar refractivity (Wildman–Crippen MR) is 57.3 cm³/mol. The Labute approximate surface area is 77.4 Å². The third-order valence-corrected chi connectivity index (χ3v) is 1.93. The van der Waals surface area contributed by atoms with Gasteiger partial charge >= 0.3 is 0 Å². The van der Waals surface area contributed by atoms with Crippen LogP contribution in [0.4, 0.5) is 0 Å². The van der Waals surface area contributed by atoms with Gasteiger partial charge in [-0.3, -0.25) is 0 Å². The molecule has 0 aliphatic rings. The van der Waals surface area contributed by atoms with Crippen LogP contribution in [0.3, 0.4) is 0 Å². The third kappa shape index (κ3) is 9.48. The van der Waals surface area contributed by atoms with Crippen LogP contribution in [0, 0.1) is 0 Å². The van der Waals surface area contributed by atoms with Gasteiger partial charge in [-0.15, -0.1) is 6.58 Å². The summed E-state index contributed by atoms with van der Waals surface area (Å²) in [5, 5.41) is 0. The minimum absolute atomic E-state index is 1.18. The molecule has 12 heavy (non-hydrogen) atoms. The Kier molecular flexibility index (Phi) is 10.0. The summed E-state index contributed by atoms with van der Waals surface area (Å²) in [5.41, 5.74) is 0. The molecule has 0 nitrogen and oxygen atoms in total. The van der Waals surface area contributed by atoms with Crippen molar-refractivity contribution in [2.24, 2.45) is 0 Å². The fourth-order valence-corrected chi connectivity index (χ4v) is 1.19. The molecule has 0 aromatic carbocycles. The van der Waals surface area contributed by atoms with Gasteiger partial charge in [0.05, 0.1) is 0 Å². The second-order valence-corrected chi connectivity index (χ2v) is 3.16. The molecule has 0 saturated carbocycles. The maximum Gasteiger partial charge on any atom is -0.0351 e. The molecule has 0 heteroatoms. The Balaban J connectivity index is 2.90. The van der Waals surface area contributed by atoms with Crippen LogP contribution in [0.15, 0.2) is 24.8 Å². The van der Waals surface area contributed by atoms with Gasteiger partial charge in [-0.05, 0) is 32.1 Å². The third-order valence-electron chi connectivity index (χ3n) is 1.93. The quantitative estimate of drug-likeness (QED) is 0.368. The lowest BCUT2D eigenvalue weighted by atomic mass is 10.1. The molecule has 0 aromatic heterocycles. The van der Waals surface area contributed by atoms with Crippen LogP contribution >= 0.6 is 0 Å². The van der Waals surface area contributed by atoms with Crippen LogP contribution in [0.1, 0.15) is 51.9 Å². The highest BCUT2D eigenvalue weighted by atomic mass is 13.9. The van der Waals surface area contributed by atoms with E-state index < -0.39 is 0 Å². The Morgan fingerprint density at radius 2 is 1.58 bits per heavy atom. The lowest BCUT2D eigenvalue weighted by Crippen LogP contribution is -1.76. The van der Waals surface area contributed by atoms with Gasteiger partial charge in [-0.25, -0.2) is 0 Å². The fraction of sp³-hybridized carbons (Fsp3) is 0.667. The summed E-state index contributed by atoms with van der Waals surface area (Å²) in [4.78, 5) is 0. The van der Waals surface area contributed by atoms with E-state index in [1.54, 1.807) is 0 Å². The van der Waals surface area contributed by atoms with E-state index in [-0.39, 0.29) is 0 Å². The first kappa shape index (κ1) is 11.5. The highest BCUT2D eigenvalue weighted by molar-refractivity contribution is 4.79. The Bertz CT molecular complexity index is 111. The zero-order valence-corrected chi connectivity index (χ0v) is 8.39. The van der Waals surface area contributed by atoms with E-state index in [1.165, 1.54) is 44.9 Å². The van der Waals surface area contributed by atoms with E-state index in [0.717, 1.165) is 0 Å². The van der Waals surface area contributed by atoms with Gasteiger partial charge in [0, 0.05) is 0 Å². The summed E-state index contributed by atoms with van der Waals surface area (Å²) >= 11 is 0. The molecule has 0 heterocycles. The summed E-state index contributed by atoms with van der Waals surface area (Å²) in [6.45, 7) is 5.89. The molecule has 0 aliphatic carbocycles. The molecule has 0 aromatic rings. The van der Waals surface area contributed by atoms with Crippen molar-refractivity contribution < 1.29 is 0 Å². The molecular formula is C12H22. The number of hydrogen-bond acceptors (Lipinski definition) is 0. The molecular weight excluding hydrogens is 144 g/mol. The summed E-state index contributed by atoms with van der Waals surface area (Å²) in [6, 6.07) is 0. The van der Waals surface area contributed by atoms with Gasteiger partial charge in [-0.1, -0.05) is 38.0 Å². The second-order valence-electron chi connectivity index (χ2n) is 3.16. The van der Waals surface area contributed by atoms with Crippen LogP contribution in [0.25, 0.3) is 0 Å². The highest BCUT2D eigenvalue weighted by Crippen LogP contribution is 2.05. The minimum Gasteiger partial charge on any atom is -0.103 e. The van der Waals surface area contributed by atoms with Gasteiger partial charge in [0.2, 0.25) is 0 Å². The lowest BCUT2D eigenvalue weighted by molar-refractivity contribution is 0.652. The molecule has 0 saturated heterocycles. The van der Waals surface area contributed by atoms with E-state index in [1.807, 2.05) is 6.08 Å². The van der Waals surface area contributed by atoms with Gasteiger partial charge in [0.15, 0.2) is 0 Å². The zero-order valence-electron chi connectivity index (χ0n) is 8.39. The molecule has 0 amide bonds. The van der Waals surface area contributed by atoms with Crippen molar-refractivity contribution >= 4 is 0 Å². The molecule has 0 bridgehead atoms. The number of hydrogen-bond donors (Lipinski definition) is 0. The summed E-state index contributed by atoms with van der Waals surface area (Å²) in [5.74, 6) is 0. The van der Waals surface area contributed by atoms with Crippen LogP contribution in [0.2, 0.25) is 0 Å². The molecule has 0 rings (SSSR count). The first-order valence-electron chi connectivity index (χ1n) is 5.17. The molecule has 0 fully saturated rings. The van der Waals surface area contributed by atoms with E-state index in [0.29, 0.717) is 0 Å². The van der Waals surface area contributed by atoms with Crippen LogP contribution in [0.5, 0.6) is 0 Å².